The van der Waals surface area contributed by atoms with Crippen molar-refractivity contribution in [3.8, 4) is 5.75 Å². The molecule has 0 aliphatic carbocycles. The maximum Gasteiger partial charge on any atom is 0.335 e. The van der Waals surface area contributed by atoms with Crippen molar-refractivity contribution < 1.29 is 14.6 Å². The number of nitrogens with one attached hydrogen (secondary N) is 1. The zero-order valence-corrected chi connectivity index (χ0v) is 17.7. The normalized spacial score (nSPS) is 10.3. The molecule has 0 atom stereocenters. The Hall–Kier alpha value is -2.24. The molecule has 0 unspecified atom stereocenters. The van der Waals surface area contributed by atoms with Gasteiger partial charge in [-0.2, -0.15) is 0 Å². The van der Waals surface area contributed by atoms with Crippen molar-refractivity contribution in [2.24, 2.45) is 0 Å². The summed E-state index contributed by atoms with van der Waals surface area (Å²) in [4.78, 5) is 10.9. The molecular formula is C22H20Cl3NO3. The summed E-state index contributed by atoms with van der Waals surface area (Å²) in [6, 6.07) is 19.8. The number of rotatable bonds is 8. The van der Waals surface area contributed by atoms with Crippen LogP contribution in [0.1, 0.15) is 27.0 Å². The molecular weight excluding hydrogens is 433 g/mol. The first-order valence-corrected chi connectivity index (χ1v) is 9.45. The van der Waals surface area contributed by atoms with Gasteiger partial charge in [0.1, 0.15) is 12.4 Å². The summed E-state index contributed by atoms with van der Waals surface area (Å²) in [5, 5.41) is 13.6. The molecule has 7 heteroatoms. The number of benzene rings is 3. The van der Waals surface area contributed by atoms with E-state index in [-0.39, 0.29) is 18.0 Å². The molecule has 3 aromatic carbocycles. The number of hydrogen-bond donors (Lipinski definition) is 2. The predicted molar refractivity (Wildman–Crippen MR) is 118 cm³/mol. The average Bonchev–Trinajstić information content (AvgIpc) is 2.69. The number of carboxylic acids is 1. The second kappa shape index (κ2) is 11.1. The van der Waals surface area contributed by atoms with Gasteiger partial charge in [-0.25, -0.2) is 4.79 Å². The fourth-order valence-corrected chi connectivity index (χ4v) is 3.00. The smallest absolute Gasteiger partial charge is 0.335 e. The molecule has 0 amide bonds. The minimum atomic E-state index is -0.930. The Morgan fingerprint density at radius 1 is 0.862 bits per heavy atom. The summed E-state index contributed by atoms with van der Waals surface area (Å²) in [5.41, 5.74) is 3.24. The minimum Gasteiger partial charge on any atom is -0.489 e. The molecule has 3 aromatic rings. The van der Waals surface area contributed by atoms with Gasteiger partial charge in [-0.1, -0.05) is 47.5 Å². The van der Waals surface area contributed by atoms with Crippen molar-refractivity contribution in [3.05, 3.63) is 99.0 Å². The van der Waals surface area contributed by atoms with Crippen molar-refractivity contribution in [2.75, 3.05) is 0 Å². The van der Waals surface area contributed by atoms with E-state index in [0.717, 1.165) is 22.4 Å². The Morgan fingerprint density at radius 2 is 1.48 bits per heavy atom. The van der Waals surface area contributed by atoms with E-state index in [1.54, 1.807) is 30.3 Å². The van der Waals surface area contributed by atoms with Gasteiger partial charge in [0, 0.05) is 28.7 Å². The molecule has 0 saturated heterocycles. The second-order valence-electron chi connectivity index (χ2n) is 6.27. The van der Waals surface area contributed by atoms with Crippen molar-refractivity contribution in [1.82, 2.24) is 5.32 Å². The number of aromatic carboxylic acids is 1. The minimum absolute atomic E-state index is 0. The first kappa shape index (κ1) is 23.0. The highest BCUT2D eigenvalue weighted by atomic mass is 35.5. The summed E-state index contributed by atoms with van der Waals surface area (Å²) in [6.45, 7) is 1.60. The summed E-state index contributed by atoms with van der Waals surface area (Å²) in [6.07, 6.45) is 0. The molecule has 0 bridgehead atoms. The van der Waals surface area contributed by atoms with Crippen LogP contribution in [0.5, 0.6) is 5.75 Å². The second-order valence-corrected chi connectivity index (χ2v) is 7.15. The lowest BCUT2D eigenvalue weighted by atomic mass is 10.1. The van der Waals surface area contributed by atoms with Crippen LogP contribution in [0.25, 0.3) is 0 Å². The summed E-state index contributed by atoms with van der Waals surface area (Å²) in [5.74, 6) is -0.172. The maximum atomic E-state index is 10.9. The van der Waals surface area contributed by atoms with Crippen LogP contribution in [0, 0.1) is 0 Å². The lowest BCUT2D eigenvalue weighted by molar-refractivity contribution is 0.0697. The number of carbonyl (C=O) groups is 1. The molecule has 0 aliphatic heterocycles. The van der Waals surface area contributed by atoms with Crippen LogP contribution in [-0.4, -0.2) is 11.1 Å². The van der Waals surface area contributed by atoms with Gasteiger partial charge < -0.3 is 15.2 Å². The summed E-state index contributed by atoms with van der Waals surface area (Å²) in [7, 11) is 0. The third kappa shape index (κ3) is 6.94. The highest BCUT2D eigenvalue weighted by Gasteiger charge is 2.07. The van der Waals surface area contributed by atoms with Crippen molar-refractivity contribution in [3.63, 3.8) is 0 Å². The topological polar surface area (TPSA) is 58.6 Å². The van der Waals surface area contributed by atoms with Crippen molar-refractivity contribution in [1.29, 1.82) is 0 Å². The Balaban J connectivity index is 0.00000300. The van der Waals surface area contributed by atoms with E-state index >= 15 is 0 Å². The monoisotopic (exact) mass is 451 g/mol. The highest BCUT2D eigenvalue weighted by Crippen LogP contribution is 2.24. The van der Waals surface area contributed by atoms with Gasteiger partial charge in [-0.05, 0) is 53.6 Å². The molecule has 3 rings (SSSR count). The van der Waals surface area contributed by atoms with Crippen molar-refractivity contribution in [2.45, 2.75) is 19.7 Å². The van der Waals surface area contributed by atoms with Crippen LogP contribution in [0.2, 0.25) is 10.0 Å². The van der Waals surface area contributed by atoms with Gasteiger partial charge in [-0.15, -0.1) is 12.4 Å². The van der Waals surface area contributed by atoms with Crippen LogP contribution in [0.3, 0.4) is 0 Å². The van der Waals surface area contributed by atoms with Crippen molar-refractivity contribution >= 4 is 41.6 Å². The van der Waals surface area contributed by atoms with E-state index in [4.69, 9.17) is 33.0 Å². The number of ether oxygens (including phenoxy) is 1. The number of hydrogen-bond acceptors (Lipinski definition) is 3. The van der Waals surface area contributed by atoms with Gasteiger partial charge in [0.05, 0.1) is 5.56 Å². The molecule has 0 radical (unpaired) electrons. The Labute approximate surface area is 185 Å². The average molecular weight is 453 g/mol. The molecule has 29 heavy (non-hydrogen) atoms. The first-order valence-electron chi connectivity index (χ1n) is 8.70. The van der Waals surface area contributed by atoms with E-state index in [1.807, 2.05) is 36.4 Å². The SMILES string of the molecule is Cl.O=C(O)c1ccc(CNCc2cc(Cl)ccc2OCc2ccc(Cl)cc2)cc1. The van der Waals surface area contributed by atoms with Crippen LogP contribution in [0.15, 0.2) is 66.7 Å². The van der Waals surface area contributed by atoms with Gasteiger partial charge in [0.15, 0.2) is 0 Å². The molecule has 0 saturated carbocycles. The van der Waals surface area contributed by atoms with Crippen LogP contribution >= 0.6 is 35.6 Å². The van der Waals surface area contributed by atoms with E-state index in [2.05, 4.69) is 5.32 Å². The van der Waals surface area contributed by atoms with Gasteiger partial charge in [-0.3, -0.25) is 0 Å². The fourth-order valence-electron chi connectivity index (χ4n) is 2.68. The summed E-state index contributed by atoms with van der Waals surface area (Å²) < 4.78 is 5.96. The molecule has 0 aromatic heterocycles. The van der Waals surface area contributed by atoms with E-state index in [0.29, 0.717) is 29.7 Å². The number of halogens is 3. The fraction of sp³-hybridized carbons (Fsp3) is 0.136. The van der Waals surface area contributed by atoms with Gasteiger partial charge >= 0.3 is 5.97 Å². The quantitative estimate of drug-likeness (QED) is 0.441. The Kier molecular flexibility index (Phi) is 8.80. The molecule has 0 heterocycles. The molecule has 0 fully saturated rings. The summed E-state index contributed by atoms with van der Waals surface area (Å²) >= 11 is 12.1. The molecule has 4 nitrogen and oxygen atoms in total. The zero-order chi connectivity index (χ0) is 19.9. The van der Waals surface area contributed by atoms with Crippen LogP contribution in [-0.2, 0) is 19.7 Å². The maximum absolute atomic E-state index is 10.9. The molecule has 0 spiro atoms. The largest absolute Gasteiger partial charge is 0.489 e. The third-order valence-electron chi connectivity index (χ3n) is 4.18. The van der Waals surface area contributed by atoms with Crippen LogP contribution < -0.4 is 10.1 Å². The van der Waals surface area contributed by atoms with E-state index in [9.17, 15) is 4.79 Å². The molecule has 2 N–H and O–H groups in total. The Morgan fingerprint density at radius 3 is 2.14 bits per heavy atom. The molecule has 152 valence electrons. The Bertz CT molecular complexity index is 945. The lowest BCUT2D eigenvalue weighted by Crippen LogP contribution is -2.14. The lowest BCUT2D eigenvalue weighted by Gasteiger charge is -2.13. The molecule has 0 aliphatic rings. The third-order valence-corrected chi connectivity index (χ3v) is 4.66. The van der Waals surface area contributed by atoms with E-state index in [1.165, 1.54) is 0 Å². The first-order chi connectivity index (χ1) is 13.5. The van der Waals surface area contributed by atoms with Gasteiger partial charge in [0.2, 0.25) is 0 Å². The number of carboxylic acid groups (broad SMARTS) is 1. The van der Waals surface area contributed by atoms with Gasteiger partial charge in [0.25, 0.3) is 0 Å². The standard InChI is InChI=1S/C22H19Cl2NO3.ClH/c23-19-7-3-16(4-8-19)14-28-21-10-9-20(24)11-18(21)13-25-12-15-1-5-17(6-2-15)22(26)27;/h1-11,25H,12-14H2,(H,26,27);1H. The highest BCUT2D eigenvalue weighted by molar-refractivity contribution is 6.30. The predicted octanol–water partition coefficient (Wildman–Crippen LogP) is 5.98. The van der Waals surface area contributed by atoms with Crippen LogP contribution in [0.4, 0.5) is 0 Å². The van der Waals surface area contributed by atoms with E-state index < -0.39 is 5.97 Å². The zero-order valence-electron chi connectivity index (χ0n) is 15.4.